The van der Waals surface area contributed by atoms with Crippen LogP contribution >= 0.6 is 0 Å². The molecule has 0 bridgehead atoms. The van der Waals surface area contributed by atoms with E-state index in [1.54, 1.807) is 11.1 Å². The van der Waals surface area contributed by atoms with Crippen molar-refractivity contribution in [1.82, 2.24) is 20.7 Å². The number of ether oxygens (including phenoxy) is 1. The molecular weight excluding hydrogens is 386 g/mol. The lowest BCUT2D eigenvalue weighted by molar-refractivity contribution is -0.119. The van der Waals surface area contributed by atoms with E-state index in [0.717, 1.165) is 53.0 Å². The lowest BCUT2D eigenvalue weighted by Gasteiger charge is -2.16. The standard InChI is InChI=1S/C21H21N5O4/c1-12(27)22-10-15-11-26(21(28)29-15)14-5-6-16-13(9-14)3-2-4-17-19(16)24-25-20(17)18-7-8-23-30-18/h5-9,15H,2-4,10-11H2,1H3,(H,22,27)(H,24,25)/t15-/m0/s1. The van der Waals surface area contributed by atoms with Crippen LogP contribution in [-0.2, 0) is 22.4 Å². The monoisotopic (exact) mass is 407 g/mol. The number of fused-ring (bicyclic) bond motifs is 3. The number of cyclic esters (lactones) is 1. The third-order valence-corrected chi connectivity index (χ3v) is 5.53. The second-order valence-corrected chi connectivity index (χ2v) is 7.55. The molecule has 3 heterocycles. The maximum atomic E-state index is 12.4. The van der Waals surface area contributed by atoms with Gasteiger partial charge in [-0.1, -0.05) is 11.2 Å². The molecular formula is C21H21N5O4. The van der Waals surface area contributed by atoms with Gasteiger partial charge >= 0.3 is 6.09 Å². The molecule has 1 fully saturated rings. The SMILES string of the molecule is CC(=O)NC[C@H]1CN(c2ccc3c(c2)CCCc2c-3n[nH]c2-c2ccno2)C(=O)O1. The number of aromatic amines is 1. The fourth-order valence-electron chi connectivity index (χ4n) is 4.12. The molecule has 2 N–H and O–H groups in total. The maximum absolute atomic E-state index is 12.4. The number of rotatable bonds is 4. The zero-order chi connectivity index (χ0) is 20.7. The minimum Gasteiger partial charge on any atom is -0.442 e. The molecule has 5 rings (SSSR count). The fraction of sp³-hybridized carbons (Fsp3) is 0.333. The van der Waals surface area contributed by atoms with Gasteiger partial charge in [0.25, 0.3) is 0 Å². The van der Waals surface area contributed by atoms with Gasteiger partial charge < -0.3 is 14.6 Å². The first-order valence-corrected chi connectivity index (χ1v) is 9.94. The average molecular weight is 407 g/mol. The van der Waals surface area contributed by atoms with E-state index in [1.165, 1.54) is 6.92 Å². The lowest BCUT2D eigenvalue weighted by Crippen LogP contribution is -2.33. The molecule has 1 saturated heterocycles. The van der Waals surface area contributed by atoms with Gasteiger partial charge in [-0.25, -0.2) is 4.79 Å². The number of hydrogen-bond donors (Lipinski definition) is 2. The van der Waals surface area contributed by atoms with Gasteiger partial charge in [-0.05, 0) is 37.0 Å². The van der Waals surface area contributed by atoms with Gasteiger partial charge in [-0.3, -0.25) is 14.8 Å². The molecule has 1 aliphatic heterocycles. The third-order valence-electron chi connectivity index (χ3n) is 5.53. The Morgan fingerprint density at radius 1 is 1.33 bits per heavy atom. The molecule has 1 aliphatic carbocycles. The first-order valence-electron chi connectivity index (χ1n) is 9.94. The molecule has 30 heavy (non-hydrogen) atoms. The maximum Gasteiger partial charge on any atom is 0.414 e. The van der Waals surface area contributed by atoms with Crippen LogP contribution in [0.2, 0.25) is 0 Å². The summed E-state index contributed by atoms with van der Waals surface area (Å²) in [6.45, 7) is 2.16. The molecule has 0 saturated carbocycles. The van der Waals surface area contributed by atoms with Crippen molar-refractivity contribution < 1.29 is 18.8 Å². The first kappa shape index (κ1) is 18.4. The Balaban J connectivity index is 1.43. The smallest absolute Gasteiger partial charge is 0.414 e. The normalized spacial score (nSPS) is 17.8. The van der Waals surface area contributed by atoms with Crippen LogP contribution in [0.3, 0.4) is 0 Å². The Hall–Kier alpha value is -3.62. The van der Waals surface area contributed by atoms with Crippen LogP contribution in [0.5, 0.6) is 0 Å². The van der Waals surface area contributed by atoms with Crippen molar-refractivity contribution >= 4 is 17.7 Å². The number of carbonyl (C=O) groups is 2. The summed E-state index contributed by atoms with van der Waals surface area (Å²) in [5, 5.41) is 14.1. The predicted octanol–water partition coefficient (Wildman–Crippen LogP) is 2.68. The van der Waals surface area contributed by atoms with Crippen LogP contribution in [0, 0.1) is 0 Å². The Bertz CT molecular complexity index is 1100. The zero-order valence-corrected chi connectivity index (χ0v) is 16.5. The van der Waals surface area contributed by atoms with E-state index in [0.29, 0.717) is 18.8 Å². The van der Waals surface area contributed by atoms with Crippen LogP contribution in [0.1, 0.15) is 24.5 Å². The Morgan fingerprint density at radius 3 is 3.03 bits per heavy atom. The number of aryl methyl sites for hydroxylation is 1. The van der Waals surface area contributed by atoms with Crippen molar-refractivity contribution in [2.24, 2.45) is 0 Å². The Labute approximate surface area is 172 Å². The molecule has 0 unspecified atom stereocenters. The second-order valence-electron chi connectivity index (χ2n) is 7.55. The average Bonchev–Trinajstić information content (AvgIpc) is 3.44. The van der Waals surface area contributed by atoms with Crippen LogP contribution in [0.4, 0.5) is 10.5 Å². The Kier molecular flexibility index (Phi) is 4.50. The topological polar surface area (TPSA) is 113 Å². The van der Waals surface area contributed by atoms with Gasteiger partial charge in [-0.2, -0.15) is 5.10 Å². The van der Waals surface area contributed by atoms with Gasteiger partial charge in [0.2, 0.25) is 5.91 Å². The molecule has 2 amide bonds. The molecule has 9 nitrogen and oxygen atoms in total. The number of H-pyrrole nitrogens is 1. The summed E-state index contributed by atoms with van der Waals surface area (Å²) in [4.78, 5) is 25.1. The van der Waals surface area contributed by atoms with Crippen LogP contribution in [0.15, 0.2) is 35.0 Å². The third kappa shape index (κ3) is 3.22. The molecule has 154 valence electrons. The molecule has 0 radical (unpaired) electrons. The van der Waals surface area contributed by atoms with Crippen LogP contribution in [-0.4, -0.2) is 46.5 Å². The van der Waals surface area contributed by atoms with Crippen LogP contribution in [0.25, 0.3) is 22.7 Å². The number of amides is 2. The summed E-state index contributed by atoms with van der Waals surface area (Å²) in [6, 6.07) is 7.78. The minimum absolute atomic E-state index is 0.144. The molecule has 3 aromatic rings. The summed E-state index contributed by atoms with van der Waals surface area (Å²) in [6.07, 6.45) is 3.58. The van der Waals surface area contributed by atoms with Gasteiger partial charge in [-0.15, -0.1) is 0 Å². The lowest BCUT2D eigenvalue weighted by atomic mass is 10.0. The van der Waals surface area contributed by atoms with E-state index < -0.39 is 6.09 Å². The number of aromatic nitrogens is 3. The molecule has 0 spiro atoms. The summed E-state index contributed by atoms with van der Waals surface area (Å²) in [7, 11) is 0. The number of anilines is 1. The number of nitrogens with zero attached hydrogens (tertiary/aromatic N) is 3. The zero-order valence-electron chi connectivity index (χ0n) is 16.5. The van der Waals surface area contributed by atoms with Crippen LogP contribution < -0.4 is 10.2 Å². The number of carbonyl (C=O) groups excluding carboxylic acids is 2. The molecule has 2 aromatic heterocycles. The fourth-order valence-corrected chi connectivity index (χ4v) is 4.12. The number of nitrogens with one attached hydrogen (secondary N) is 2. The van der Waals surface area contributed by atoms with Crippen molar-refractivity contribution in [1.29, 1.82) is 0 Å². The van der Waals surface area contributed by atoms with E-state index in [4.69, 9.17) is 9.26 Å². The van der Waals surface area contributed by atoms with E-state index in [-0.39, 0.29) is 12.0 Å². The van der Waals surface area contributed by atoms with Crippen molar-refractivity contribution in [2.45, 2.75) is 32.3 Å². The van der Waals surface area contributed by atoms with Crippen molar-refractivity contribution in [2.75, 3.05) is 18.0 Å². The quantitative estimate of drug-likeness (QED) is 0.687. The highest BCUT2D eigenvalue weighted by molar-refractivity contribution is 5.91. The highest BCUT2D eigenvalue weighted by atomic mass is 16.6. The first-order chi connectivity index (χ1) is 14.6. The minimum atomic E-state index is -0.396. The summed E-state index contributed by atoms with van der Waals surface area (Å²) < 4.78 is 10.7. The summed E-state index contributed by atoms with van der Waals surface area (Å²) in [5.74, 6) is 0.530. The molecule has 1 aromatic carbocycles. The molecule has 2 aliphatic rings. The van der Waals surface area contributed by atoms with Crippen molar-refractivity contribution in [3.8, 4) is 22.7 Å². The number of hydrogen-bond acceptors (Lipinski definition) is 6. The number of benzene rings is 1. The highest BCUT2D eigenvalue weighted by Gasteiger charge is 2.33. The van der Waals surface area contributed by atoms with E-state index >= 15 is 0 Å². The molecule has 1 atom stereocenters. The Morgan fingerprint density at radius 2 is 2.23 bits per heavy atom. The van der Waals surface area contributed by atoms with Crippen molar-refractivity contribution in [3.63, 3.8) is 0 Å². The summed E-state index contributed by atoms with van der Waals surface area (Å²) in [5.41, 5.74) is 5.87. The summed E-state index contributed by atoms with van der Waals surface area (Å²) >= 11 is 0. The van der Waals surface area contributed by atoms with E-state index in [1.807, 2.05) is 24.3 Å². The van der Waals surface area contributed by atoms with Crippen molar-refractivity contribution in [3.05, 3.63) is 41.6 Å². The van der Waals surface area contributed by atoms with E-state index in [9.17, 15) is 9.59 Å². The molecule has 9 heteroatoms. The highest BCUT2D eigenvalue weighted by Crippen LogP contribution is 2.38. The van der Waals surface area contributed by atoms with Gasteiger partial charge in [0.1, 0.15) is 11.8 Å². The largest absolute Gasteiger partial charge is 0.442 e. The van der Waals surface area contributed by atoms with Gasteiger partial charge in [0, 0.05) is 29.8 Å². The predicted molar refractivity (Wildman–Crippen MR) is 108 cm³/mol. The van der Waals surface area contributed by atoms with E-state index in [2.05, 4.69) is 20.7 Å². The van der Waals surface area contributed by atoms with Gasteiger partial charge in [0.15, 0.2) is 5.76 Å². The second kappa shape index (κ2) is 7.33. The van der Waals surface area contributed by atoms with Gasteiger partial charge in [0.05, 0.1) is 25.0 Å².